The Morgan fingerprint density at radius 2 is 1.79 bits per heavy atom. The third-order valence-corrected chi connectivity index (χ3v) is 8.98. The zero-order valence-corrected chi connectivity index (χ0v) is 18.2. The van der Waals surface area contributed by atoms with E-state index in [0.717, 1.165) is 0 Å². The molecule has 29 heavy (non-hydrogen) atoms. The first kappa shape index (κ1) is 21.5. The van der Waals surface area contributed by atoms with Gasteiger partial charge in [0, 0.05) is 18.7 Å². The molecule has 1 atom stereocenters. The van der Waals surface area contributed by atoms with Gasteiger partial charge < -0.3 is 5.32 Å². The number of fused-ring (bicyclic) bond motifs is 1. The summed E-state index contributed by atoms with van der Waals surface area (Å²) in [5.74, 6) is -0.717. The second kappa shape index (κ2) is 7.89. The van der Waals surface area contributed by atoms with Crippen molar-refractivity contribution in [1.29, 1.82) is 0 Å². The van der Waals surface area contributed by atoms with E-state index in [2.05, 4.69) is 5.32 Å². The van der Waals surface area contributed by atoms with Gasteiger partial charge in [-0.3, -0.25) is 4.79 Å². The van der Waals surface area contributed by atoms with Crippen LogP contribution in [0.5, 0.6) is 0 Å². The molecular formula is C20H24N2O5S2. The quantitative estimate of drug-likeness (QED) is 0.749. The maximum atomic E-state index is 12.9. The third-order valence-electron chi connectivity index (χ3n) is 5.12. The first-order chi connectivity index (χ1) is 13.6. The van der Waals surface area contributed by atoms with Crippen molar-refractivity contribution in [3.63, 3.8) is 0 Å². The van der Waals surface area contributed by atoms with Gasteiger partial charge in [0.1, 0.15) is 0 Å². The van der Waals surface area contributed by atoms with Crippen LogP contribution in [-0.4, -0.2) is 45.9 Å². The molecule has 7 nitrogen and oxygen atoms in total. The van der Waals surface area contributed by atoms with Crippen molar-refractivity contribution < 1.29 is 21.6 Å². The fourth-order valence-electron chi connectivity index (χ4n) is 3.52. The van der Waals surface area contributed by atoms with Crippen molar-refractivity contribution in [2.24, 2.45) is 0 Å². The Morgan fingerprint density at radius 1 is 1.14 bits per heavy atom. The number of carbonyl (C=O) groups excluding carboxylic acids is 1. The molecule has 0 bridgehead atoms. The topological polar surface area (TPSA) is 101 Å². The molecule has 0 radical (unpaired) electrons. The molecule has 0 saturated heterocycles. The molecule has 0 spiro atoms. The number of nitrogens with one attached hydrogen (secondary N) is 1. The molecule has 1 amide bonds. The summed E-state index contributed by atoms with van der Waals surface area (Å²) in [7, 11) is -7.17. The average molecular weight is 437 g/mol. The summed E-state index contributed by atoms with van der Waals surface area (Å²) in [6, 6.07) is 10.3. The first-order valence-electron chi connectivity index (χ1n) is 9.35. The van der Waals surface area contributed by atoms with Crippen LogP contribution in [0.15, 0.2) is 52.3 Å². The van der Waals surface area contributed by atoms with E-state index in [1.54, 1.807) is 45.0 Å². The molecule has 2 aromatic rings. The fraction of sp³-hybridized carbons (Fsp3) is 0.350. The summed E-state index contributed by atoms with van der Waals surface area (Å²) in [4.78, 5) is 13.2. The molecule has 1 heterocycles. The van der Waals surface area contributed by atoms with E-state index < -0.39 is 31.8 Å². The SMILES string of the molecule is CCN(CC)S(=O)(=O)c1ccc(C)c(C(=O)NC2CS(=O)(=O)c3ccccc32)c1. The zero-order chi connectivity index (χ0) is 21.4. The highest BCUT2D eigenvalue weighted by molar-refractivity contribution is 7.91. The predicted octanol–water partition coefficient (Wildman–Crippen LogP) is 2.28. The number of nitrogens with zero attached hydrogens (tertiary/aromatic N) is 1. The Kier molecular flexibility index (Phi) is 5.84. The van der Waals surface area contributed by atoms with Crippen LogP contribution in [0.3, 0.4) is 0 Å². The Bertz CT molecular complexity index is 1150. The van der Waals surface area contributed by atoms with Crippen molar-refractivity contribution in [2.45, 2.75) is 36.6 Å². The summed E-state index contributed by atoms with van der Waals surface area (Å²) in [5, 5.41) is 2.76. The van der Waals surface area contributed by atoms with Crippen LogP contribution >= 0.6 is 0 Å². The summed E-state index contributed by atoms with van der Waals surface area (Å²) in [6.07, 6.45) is 0. The Labute approximate surface area is 171 Å². The molecule has 0 aliphatic carbocycles. The monoisotopic (exact) mass is 436 g/mol. The second-order valence-electron chi connectivity index (χ2n) is 6.91. The highest BCUT2D eigenvalue weighted by atomic mass is 32.2. The lowest BCUT2D eigenvalue weighted by atomic mass is 10.1. The summed E-state index contributed by atoms with van der Waals surface area (Å²) >= 11 is 0. The average Bonchev–Trinajstić information content (AvgIpc) is 2.93. The van der Waals surface area contributed by atoms with Gasteiger partial charge in [-0.1, -0.05) is 38.1 Å². The molecule has 2 aromatic carbocycles. The zero-order valence-electron chi connectivity index (χ0n) is 16.5. The number of aryl methyl sites for hydroxylation is 1. The predicted molar refractivity (Wildman–Crippen MR) is 110 cm³/mol. The van der Waals surface area contributed by atoms with Gasteiger partial charge in [0.05, 0.1) is 21.6 Å². The lowest BCUT2D eigenvalue weighted by Gasteiger charge is -2.20. The minimum Gasteiger partial charge on any atom is -0.344 e. The number of hydrogen-bond acceptors (Lipinski definition) is 5. The Morgan fingerprint density at radius 3 is 2.45 bits per heavy atom. The lowest BCUT2D eigenvalue weighted by Crippen LogP contribution is -2.32. The Hall–Kier alpha value is -2.23. The van der Waals surface area contributed by atoms with Gasteiger partial charge >= 0.3 is 0 Å². The standard InChI is InChI=1S/C20H24N2O5S2/c1-4-22(5-2)29(26,27)15-11-10-14(3)17(12-15)20(23)21-18-13-28(24,25)19-9-7-6-8-16(18)19/h6-12,18H,4-5,13H2,1-3H3,(H,21,23). The molecular weight excluding hydrogens is 412 g/mol. The van der Waals surface area contributed by atoms with Crippen LogP contribution in [0, 0.1) is 6.92 Å². The molecule has 1 N–H and O–H groups in total. The normalized spacial score (nSPS) is 17.9. The molecule has 0 aromatic heterocycles. The van der Waals surface area contributed by atoms with Gasteiger partial charge in [0.15, 0.2) is 9.84 Å². The van der Waals surface area contributed by atoms with Gasteiger partial charge in [0.25, 0.3) is 5.91 Å². The summed E-state index contributed by atoms with van der Waals surface area (Å²) in [5.41, 5.74) is 1.36. The van der Waals surface area contributed by atoms with E-state index in [4.69, 9.17) is 0 Å². The minimum absolute atomic E-state index is 0.0383. The maximum Gasteiger partial charge on any atom is 0.252 e. The smallest absolute Gasteiger partial charge is 0.252 e. The Balaban J connectivity index is 1.93. The van der Waals surface area contributed by atoms with Crippen LogP contribution in [0.4, 0.5) is 0 Å². The molecule has 1 unspecified atom stereocenters. The molecule has 9 heteroatoms. The molecule has 3 rings (SSSR count). The van der Waals surface area contributed by atoms with Crippen LogP contribution in [0.1, 0.15) is 41.4 Å². The molecule has 0 fully saturated rings. The fourth-order valence-corrected chi connectivity index (χ4v) is 6.75. The number of benzene rings is 2. The van der Waals surface area contributed by atoms with E-state index in [1.807, 2.05) is 0 Å². The second-order valence-corrected chi connectivity index (χ2v) is 10.9. The maximum absolute atomic E-state index is 12.9. The summed E-state index contributed by atoms with van der Waals surface area (Å²) in [6.45, 7) is 5.86. The van der Waals surface area contributed by atoms with E-state index in [-0.39, 0.29) is 21.1 Å². The molecule has 156 valence electrons. The van der Waals surface area contributed by atoms with E-state index in [0.29, 0.717) is 24.2 Å². The largest absolute Gasteiger partial charge is 0.344 e. The number of sulfonamides is 1. The van der Waals surface area contributed by atoms with E-state index in [1.165, 1.54) is 22.5 Å². The van der Waals surface area contributed by atoms with Crippen molar-refractivity contribution in [1.82, 2.24) is 9.62 Å². The minimum atomic E-state index is -3.71. The lowest BCUT2D eigenvalue weighted by molar-refractivity contribution is 0.0940. The molecule has 1 aliphatic rings. The molecule has 0 saturated carbocycles. The molecule has 1 aliphatic heterocycles. The van der Waals surface area contributed by atoms with E-state index in [9.17, 15) is 21.6 Å². The van der Waals surface area contributed by atoms with Gasteiger partial charge in [-0.15, -0.1) is 0 Å². The summed E-state index contributed by atoms with van der Waals surface area (Å²) < 4.78 is 51.6. The van der Waals surface area contributed by atoms with Gasteiger partial charge in [-0.05, 0) is 36.2 Å². The van der Waals surface area contributed by atoms with Crippen molar-refractivity contribution in [3.05, 3.63) is 59.2 Å². The highest BCUT2D eigenvalue weighted by Gasteiger charge is 2.35. The van der Waals surface area contributed by atoms with Gasteiger partial charge in [0.2, 0.25) is 10.0 Å². The highest BCUT2D eigenvalue weighted by Crippen LogP contribution is 2.33. The van der Waals surface area contributed by atoms with Gasteiger partial charge in [-0.2, -0.15) is 4.31 Å². The van der Waals surface area contributed by atoms with Crippen molar-refractivity contribution in [3.8, 4) is 0 Å². The van der Waals surface area contributed by atoms with Crippen molar-refractivity contribution >= 4 is 25.8 Å². The number of sulfone groups is 1. The van der Waals surface area contributed by atoms with Crippen LogP contribution in [-0.2, 0) is 19.9 Å². The number of carbonyl (C=O) groups is 1. The van der Waals surface area contributed by atoms with Gasteiger partial charge in [-0.25, -0.2) is 16.8 Å². The van der Waals surface area contributed by atoms with Crippen LogP contribution < -0.4 is 5.32 Å². The third kappa shape index (κ3) is 3.94. The number of hydrogen-bond donors (Lipinski definition) is 1. The first-order valence-corrected chi connectivity index (χ1v) is 12.4. The van der Waals surface area contributed by atoms with Crippen molar-refractivity contribution in [2.75, 3.05) is 18.8 Å². The van der Waals surface area contributed by atoms with Crippen LogP contribution in [0.2, 0.25) is 0 Å². The van der Waals surface area contributed by atoms with Crippen LogP contribution in [0.25, 0.3) is 0 Å². The number of rotatable bonds is 6. The number of amides is 1. The van der Waals surface area contributed by atoms with E-state index >= 15 is 0 Å².